The maximum Gasteiger partial charge on any atom is 0.203 e. The Balaban J connectivity index is 1.66. The molecule has 0 unspecified atom stereocenters. The molecule has 4 heteroatoms. The minimum atomic E-state index is 0.911. The van der Waals surface area contributed by atoms with Crippen LogP contribution in [0, 0.1) is 0 Å². The quantitative estimate of drug-likeness (QED) is 0.675. The number of fused-ring (bicyclic) bond motifs is 1. The zero-order valence-electron chi connectivity index (χ0n) is 10.1. The smallest absolute Gasteiger partial charge is 0.203 e. The second-order valence-corrected chi connectivity index (χ2v) is 5.46. The van der Waals surface area contributed by atoms with Crippen molar-refractivity contribution >= 4 is 22.7 Å². The molecule has 2 aromatic rings. The van der Waals surface area contributed by atoms with Crippen molar-refractivity contribution in [1.82, 2.24) is 4.98 Å². The van der Waals surface area contributed by atoms with Gasteiger partial charge in [0.2, 0.25) is 5.13 Å². The van der Waals surface area contributed by atoms with Gasteiger partial charge in [-0.1, -0.05) is 30.3 Å². The Hall–Kier alpha value is -1.68. The minimum Gasteiger partial charge on any atom is -0.253 e. The van der Waals surface area contributed by atoms with E-state index in [-0.39, 0.29) is 0 Å². The van der Waals surface area contributed by atoms with E-state index in [1.165, 1.54) is 29.8 Å². The average molecular weight is 257 g/mol. The molecule has 3 nitrogen and oxygen atoms in total. The normalized spacial score (nSPS) is 14.7. The van der Waals surface area contributed by atoms with Gasteiger partial charge in [-0.05, 0) is 31.2 Å². The fourth-order valence-electron chi connectivity index (χ4n) is 2.10. The molecule has 92 valence electrons. The van der Waals surface area contributed by atoms with Crippen LogP contribution in [0.2, 0.25) is 0 Å². The summed E-state index contributed by atoms with van der Waals surface area (Å²) in [7, 11) is 0. The van der Waals surface area contributed by atoms with Crippen molar-refractivity contribution in [1.29, 1.82) is 0 Å². The van der Waals surface area contributed by atoms with Crippen molar-refractivity contribution in [3.05, 3.63) is 46.5 Å². The molecule has 0 spiro atoms. The number of hydrazone groups is 1. The third kappa shape index (κ3) is 2.59. The van der Waals surface area contributed by atoms with Gasteiger partial charge in [-0.2, -0.15) is 5.10 Å². The number of anilines is 1. The molecule has 0 bridgehead atoms. The van der Waals surface area contributed by atoms with Gasteiger partial charge in [0.1, 0.15) is 0 Å². The number of hydrogen-bond acceptors (Lipinski definition) is 4. The monoisotopic (exact) mass is 257 g/mol. The molecule has 1 heterocycles. The first-order valence-electron chi connectivity index (χ1n) is 6.24. The van der Waals surface area contributed by atoms with Gasteiger partial charge < -0.3 is 0 Å². The van der Waals surface area contributed by atoms with Gasteiger partial charge in [0.15, 0.2) is 0 Å². The summed E-state index contributed by atoms with van der Waals surface area (Å²) >= 11 is 1.73. The third-order valence-corrected chi connectivity index (χ3v) is 4.08. The zero-order chi connectivity index (χ0) is 12.2. The predicted molar refractivity (Wildman–Crippen MR) is 76.4 cm³/mol. The van der Waals surface area contributed by atoms with E-state index in [4.69, 9.17) is 0 Å². The van der Waals surface area contributed by atoms with Crippen molar-refractivity contribution in [3.8, 4) is 0 Å². The summed E-state index contributed by atoms with van der Waals surface area (Å²) < 4.78 is 0. The highest BCUT2D eigenvalue weighted by Crippen LogP contribution is 2.29. The molecule has 1 aliphatic carbocycles. The number of nitrogens with one attached hydrogen (secondary N) is 1. The van der Waals surface area contributed by atoms with Crippen LogP contribution in [0.15, 0.2) is 35.4 Å². The van der Waals surface area contributed by atoms with E-state index < -0.39 is 0 Å². The number of nitrogens with zero attached hydrogens (tertiary/aromatic N) is 2. The molecule has 0 atom stereocenters. The Morgan fingerprint density at radius 1 is 1.17 bits per heavy atom. The Morgan fingerprint density at radius 3 is 2.83 bits per heavy atom. The maximum absolute atomic E-state index is 4.58. The van der Waals surface area contributed by atoms with Crippen LogP contribution in [0.25, 0.3) is 0 Å². The van der Waals surface area contributed by atoms with Gasteiger partial charge in [0, 0.05) is 4.88 Å². The lowest BCUT2D eigenvalue weighted by Gasteiger charge is -2.06. The van der Waals surface area contributed by atoms with Crippen molar-refractivity contribution < 1.29 is 0 Å². The van der Waals surface area contributed by atoms with Gasteiger partial charge in [-0.3, -0.25) is 5.43 Å². The lowest BCUT2D eigenvalue weighted by Crippen LogP contribution is -1.99. The second kappa shape index (κ2) is 5.31. The summed E-state index contributed by atoms with van der Waals surface area (Å²) in [6.45, 7) is 0. The van der Waals surface area contributed by atoms with Crippen LogP contribution in [0.5, 0.6) is 0 Å². The highest BCUT2D eigenvalue weighted by molar-refractivity contribution is 7.15. The molecule has 0 aliphatic heterocycles. The van der Waals surface area contributed by atoms with Crippen molar-refractivity contribution in [2.45, 2.75) is 25.7 Å². The average Bonchev–Trinajstić information content (AvgIpc) is 2.82. The fourth-order valence-corrected chi connectivity index (χ4v) is 3.10. The molecule has 0 fully saturated rings. The highest BCUT2D eigenvalue weighted by Gasteiger charge is 2.14. The first-order chi connectivity index (χ1) is 8.92. The summed E-state index contributed by atoms with van der Waals surface area (Å²) in [5.41, 5.74) is 5.38. The Morgan fingerprint density at radius 2 is 2.00 bits per heavy atom. The summed E-state index contributed by atoms with van der Waals surface area (Å²) in [5.74, 6) is 0. The number of hydrogen-bond donors (Lipinski definition) is 1. The topological polar surface area (TPSA) is 37.3 Å². The standard InChI is InChI=1S/C14H15N3S/c1-2-6-11(7-3-1)10-15-17-14-16-12-8-4-5-9-13(12)18-14/h1-3,6-7,10H,4-5,8-9H2,(H,16,17). The van der Waals surface area contributed by atoms with Crippen LogP contribution in [-0.2, 0) is 12.8 Å². The number of aryl methyl sites for hydroxylation is 2. The Bertz CT molecular complexity index is 522. The summed E-state index contributed by atoms with van der Waals surface area (Å²) in [6.07, 6.45) is 6.68. The molecule has 1 N–H and O–H groups in total. The number of thiazole rings is 1. The van der Waals surface area contributed by atoms with E-state index in [9.17, 15) is 0 Å². The lowest BCUT2D eigenvalue weighted by molar-refractivity contribution is 0.682. The summed E-state index contributed by atoms with van der Waals surface area (Å²) in [4.78, 5) is 6.00. The number of aromatic nitrogens is 1. The molecule has 0 amide bonds. The first-order valence-corrected chi connectivity index (χ1v) is 7.06. The van der Waals surface area contributed by atoms with Crippen LogP contribution in [-0.4, -0.2) is 11.2 Å². The lowest BCUT2D eigenvalue weighted by atomic mass is 10.0. The minimum absolute atomic E-state index is 0.911. The van der Waals surface area contributed by atoms with Gasteiger partial charge >= 0.3 is 0 Å². The molecule has 18 heavy (non-hydrogen) atoms. The van der Waals surface area contributed by atoms with Gasteiger partial charge in [-0.25, -0.2) is 4.98 Å². The molecule has 1 aromatic carbocycles. The molecule has 3 rings (SSSR count). The maximum atomic E-state index is 4.58. The van der Waals surface area contributed by atoms with Crippen LogP contribution in [0.3, 0.4) is 0 Å². The van der Waals surface area contributed by atoms with E-state index in [0.717, 1.165) is 17.1 Å². The van der Waals surface area contributed by atoms with Gasteiger partial charge in [-0.15, -0.1) is 11.3 Å². The summed E-state index contributed by atoms with van der Waals surface area (Å²) in [6, 6.07) is 10.1. The molecular formula is C14H15N3S. The second-order valence-electron chi connectivity index (χ2n) is 4.38. The zero-order valence-corrected chi connectivity index (χ0v) is 10.9. The van der Waals surface area contributed by atoms with E-state index in [2.05, 4.69) is 15.5 Å². The van der Waals surface area contributed by atoms with Crippen LogP contribution < -0.4 is 5.43 Å². The molecule has 0 saturated carbocycles. The number of benzene rings is 1. The molecule has 0 radical (unpaired) electrons. The largest absolute Gasteiger partial charge is 0.253 e. The van der Waals surface area contributed by atoms with Crippen molar-refractivity contribution in [2.75, 3.05) is 5.43 Å². The summed E-state index contributed by atoms with van der Waals surface area (Å²) in [5, 5.41) is 5.14. The van der Waals surface area contributed by atoms with E-state index >= 15 is 0 Å². The van der Waals surface area contributed by atoms with Crippen LogP contribution in [0.4, 0.5) is 5.13 Å². The molecule has 0 saturated heterocycles. The first kappa shape index (κ1) is 11.4. The fraction of sp³-hybridized carbons (Fsp3) is 0.286. The van der Waals surface area contributed by atoms with Crippen LogP contribution in [0.1, 0.15) is 29.0 Å². The molecule has 1 aliphatic rings. The van der Waals surface area contributed by atoms with Gasteiger partial charge in [0.05, 0.1) is 11.9 Å². The van der Waals surface area contributed by atoms with Crippen LogP contribution >= 0.6 is 11.3 Å². The number of rotatable bonds is 3. The highest BCUT2D eigenvalue weighted by atomic mass is 32.1. The third-order valence-electron chi connectivity index (χ3n) is 3.02. The van der Waals surface area contributed by atoms with Crippen molar-refractivity contribution in [3.63, 3.8) is 0 Å². The molecular weight excluding hydrogens is 242 g/mol. The van der Waals surface area contributed by atoms with Crippen molar-refractivity contribution in [2.24, 2.45) is 5.10 Å². The Labute approximate surface area is 111 Å². The van der Waals surface area contributed by atoms with E-state index in [1.807, 2.05) is 36.5 Å². The Kier molecular flexibility index (Phi) is 3.37. The molecule has 1 aromatic heterocycles. The SMILES string of the molecule is C(=NNc1nc2c(s1)CCCC2)c1ccccc1. The van der Waals surface area contributed by atoms with E-state index in [0.29, 0.717) is 0 Å². The van der Waals surface area contributed by atoms with Gasteiger partial charge in [0.25, 0.3) is 0 Å². The van der Waals surface area contributed by atoms with E-state index in [1.54, 1.807) is 11.3 Å². The predicted octanol–water partition coefficient (Wildman–Crippen LogP) is 3.47.